The van der Waals surface area contributed by atoms with Gasteiger partial charge in [-0.15, -0.1) is 11.8 Å². The molecule has 0 saturated carbocycles. The van der Waals surface area contributed by atoms with Crippen molar-refractivity contribution in [1.29, 1.82) is 0 Å². The molecule has 7 heteroatoms. The van der Waals surface area contributed by atoms with E-state index in [1.807, 2.05) is 0 Å². The van der Waals surface area contributed by atoms with E-state index in [0.29, 0.717) is 16.3 Å². The van der Waals surface area contributed by atoms with Crippen LogP contribution in [0.3, 0.4) is 0 Å². The van der Waals surface area contributed by atoms with Crippen molar-refractivity contribution in [2.75, 3.05) is 5.75 Å². The van der Waals surface area contributed by atoms with Gasteiger partial charge in [-0.3, -0.25) is 14.9 Å². The maximum absolute atomic E-state index is 10.5. The van der Waals surface area contributed by atoms with Crippen LogP contribution in [0, 0.1) is 17.0 Å². The third-order valence-electron chi connectivity index (χ3n) is 1.82. The van der Waals surface area contributed by atoms with Crippen molar-refractivity contribution >= 4 is 23.4 Å². The first kappa shape index (κ1) is 12.4. The Morgan fingerprint density at radius 1 is 1.69 bits per heavy atom. The molecular weight excluding hydrogens is 232 g/mol. The van der Waals surface area contributed by atoms with E-state index >= 15 is 0 Å². The van der Waals surface area contributed by atoms with Crippen molar-refractivity contribution in [1.82, 2.24) is 4.98 Å². The molecule has 1 heterocycles. The Morgan fingerprint density at radius 3 is 2.88 bits per heavy atom. The van der Waals surface area contributed by atoms with E-state index in [1.54, 1.807) is 13.0 Å². The number of nitro groups is 1. The molecule has 1 N–H and O–H groups in total. The Kier molecular flexibility index (Phi) is 4.24. The Morgan fingerprint density at radius 2 is 2.38 bits per heavy atom. The standard InChI is InChI=1S/C9H10N2O4S/c1-6-4-8(16-3-2-9(12)13)10-5-7(6)11(14)15/h4-5H,2-3H2,1H3,(H,12,13). The van der Waals surface area contributed by atoms with Gasteiger partial charge in [0.2, 0.25) is 0 Å². The van der Waals surface area contributed by atoms with E-state index in [4.69, 9.17) is 5.11 Å². The first-order chi connectivity index (χ1) is 7.50. The summed E-state index contributed by atoms with van der Waals surface area (Å²) >= 11 is 1.27. The third-order valence-corrected chi connectivity index (χ3v) is 2.75. The number of carbonyl (C=O) groups is 1. The summed E-state index contributed by atoms with van der Waals surface area (Å²) in [7, 11) is 0. The number of pyridine rings is 1. The normalized spacial score (nSPS) is 10.1. The molecule has 86 valence electrons. The molecule has 0 aromatic carbocycles. The SMILES string of the molecule is Cc1cc(SCCC(=O)O)ncc1[N+](=O)[O-]. The van der Waals surface area contributed by atoms with Gasteiger partial charge in [0.1, 0.15) is 6.20 Å². The summed E-state index contributed by atoms with van der Waals surface area (Å²) in [5, 5.41) is 19.6. The highest BCUT2D eigenvalue weighted by atomic mass is 32.2. The lowest BCUT2D eigenvalue weighted by molar-refractivity contribution is -0.385. The number of aliphatic carboxylic acids is 1. The molecule has 16 heavy (non-hydrogen) atoms. The fourth-order valence-corrected chi connectivity index (χ4v) is 1.91. The predicted molar refractivity (Wildman–Crippen MR) is 58.6 cm³/mol. The van der Waals surface area contributed by atoms with Crippen molar-refractivity contribution in [2.45, 2.75) is 18.4 Å². The molecule has 0 bridgehead atoms. The zero-order valence-corrected chi connectivity index (χ0v) is 9.36. The molecule has 1 aromatic heterocycles. The van der Waals surface area contributed by atoms with Gasteiger partial charge >= 0.3 is 5.97 Å². The van der Waals surface area contributed by atoms with Gasteiger partial charge in [-0.1, -0.05) is 0 Å². The third kappa shape index (κ3) is 3.50. The van der Waals surface area contributed by atoms with Crippen molar-refractivity contribution in [3.05, 3.63) is 27.9 Å². The van der Waals surface area contributed by atoms with Gasteiger partial charge in [-0.2, -0.15) is 0 Å². The summed E-state index contributed by atoms with van der Waals surface area (Å²) in [5.74, 6) is -0.467. The maximum atomic E-state index is 10.5. The number of aromatic nitrogens is 1. The summed E-state index contributed by atoms with van der Waals surface area (Å²) < 4.78 is 0. The zero-order valence-electron chi connectivity index (χ0n) is 8.54. The van der Waals surface area contributed by atoms with E-state index in [9.17, 15) is 14.9 Å². The number of nitrogens with zero attached hydrogens (tertiary/aromatic N) is 2. The fraction of sp³-hybridized carbons (Fsp3) is 0.333. The van der Waals surface area contributed by atoms with Crippen LogP contribution < -0.4 is 0 Å². The average molecular weight is 242 g/mol. The molecule has 0 unspecified atom stereocenters. The van der Waals surface area contributed by atoms with Crippen molar-refractivity contribution in [3.8, 4) is 0 Å². The lowest BCUT2D eigenvalue weighted by Gasteiger charge is -2.01. The molecule has 0 atom stereocenters. The lowest BCUT2D eigenvalue weighted by Crippen LogP contribution is -1.97. The van der Waals surface area contributed by atoms with Crippen LogP contribution in [-0.2, 0) is 4.79 Å². The smallest absolute Gasteiger partial charge is 0.304 e. The molecule has 0 aliphatic rings. The van der Waals surface area contributed by atoms with Crippen molar-refractivity contribution < 1.29 is 14.8 Å². The number of carboxylic acids is 1. The zero-order chi connectivity index (χ0) is 12.1. The highest BCUT2D eigenvalue weighted by Gasteiger charge is 2.11. The Hall–Kier alpha value is -1.63. The first-order valence-corrected chi connectivity index (χ1v) is 5.45. The van der Waals surface area contributed by atoms with Crippen LogP contribution in [0.4, 0.5) is 5.69 Å². The number of hydrogen-bond acceptors (Lipinski definition) is 5. The molecule has 0 spiro atoms. The number of rotatable bonds is 5. The Bertz CT molecular complexity index is 422. The van der Waals surface area contributed by atoms with Crippen LogP contribution in [0.5, 0.6) is 0 Å². The highest BCUT2D eigenvalue weighted by molar-refractivity contribution is 7.99. The molecule has 0 saturated heterocycles. The minimum atomic E-state index is -0.869. The summed E-state index contributed by atoms with van der Waals surface area (Å²) in [4.78, 5) is 24.2. The lowest BCUT2D eigenvalue weighted by atomic mass is 10.3. The van der Waals surface area contributed by atoms with Crippen molar-refractivity contribution in [2.24, 2.45) is 0 Å². The molecule has 1 rings (SSSR count). The Balaban J connectivity index is 2.66. The average Bonchev–Trinajstić information content (AvgIpc) is 2.16. The maximum Gasteiger partial charge on any atom is 0.304 e. The second-order valence-corrected chi connectivity index (χ2v) is 4.17. The second-order valence-electron chi connectivity index (χ2n) is 3.06. The van der Waals surface area contributed by atoms with Gasteiger partial charge in [0.25, 0.3) is 5.69 Å². The van der Waals surface area contributed by atoms with E-state index in [0.717, 1.165) is 0 Å². The largest absolute Gasteiger partial charge is 0.481 e. The van der Waals surface area contributed by atoms with Gasteiger partial charge in [-0.05, 0) is 13.0 Å². The van der Waals surface area contributed by atoms with Gasteiger partial charge in [0.15, 0.2) is 0 Å². The number of thioether (sulfide) groups is 1. The summed E-state index contributed by atoms with van der Waals surface area (Å²) in [6.45, 7) is 1.63. The Labute approximate surface area is 95.8 Å². The van der Waals surface area contributed by atoms with Crippen LogP contribution in [0.2, 0.25) is 0 Å². The van der Waals surface area contributed by atoms with Crippen LogP contribution in [0.15, 0.2) is 17.3 Å². The minimum absolute atomic E-state index is 0.0254. The molecule has 1 aromatic rings. The topological polar surface area (TPSA) is 93.3 Å². The van der Waals surface area contributed by atoms with E-state index < -0.39 is 10.9 Å². The molecular formula is C9H10N2O4S. The monoisotopic (exact) mass is 242 g/mol. The number of aryl methyl sites for hydroxylation is 1. The quantitative estimate of drug-likeness (QED) is 0.481. The molecule has 6 nitrogen and oxygen atoms in total. The fourth-order valence-electron chi connectivity index (χ4n) is 1.04. The minimum Gasteiger partial charge on any atom is -0.481 e. The number of carboxylic acid groups (broad SMARTS) is 1. The summed E-state index contributed by atoms with van der Waals surface area (Å²) in [6.07, 6.45) is 1.24. The van der Waals surface area contributed by atoms with E-state index in [2.05, 4.69) is 4.98 Å². The van der Waals surface area contributed by atoms with Crippen molar-refractivity contribution in [3.63, 3.8) is 0 Å². The summed E-state index contributed by atoms with van der Waals surface area (Å²) in [5.41, 5.74) is 0.500. The van der Waals surface area contributed by atoms with Crippen LogP contribution in [0.1, 0.15) is 12.0 Å². The molecule has 0 aliphatic heterocycles. The van der Waals surface area contributed by atoms with E-state index in [-0.39, 0.29) is 12.1 Å². The number of hydrogen-bond donors (Lipinski definition) is 1. The molecule has 0 fully saturated rings. The van der Waals surface area contributed by atoms with E-state index in [1.165, 1.54) is 18.0 Å². The van der Waals surface area contributed by atoms with Crippen LogP contribution in [0.25, 0.3) is 0 Å². The van der Waals surface area contributed by atoms with Crippen LogP contribution >= 0.6 is 11.8 Å². The predicted octanol–water partition coefficient (Wildman–Crippen LogP) is 1.87. The second kappa shape index (κ2) is 5.45. The molecule has 0 aliphatic carbocycles. The van der Waals surface area contributed by atoms with Gasteiger partial charge in [0, 0.05) is 11.3 Å². The highest BCUT2D eigenvalue weighted by Crippen LogP contribution is 2.22. The van der Waals surface area contributed by atoms with Gasteiger partial charge < -0.3 is 5.11 Å². The molecule has 0 radical (unpaired) electrons. The molecule has 0 amide bonds. The first-order valence-electron chi connectivity index (χ1n) is 4.46. The van der Waals surface area contributed by atoms with Crippen LogP contribution in [-0.4, -0.2) is 26.7 Å². The van der Waals surface area contributed by atoms with Gasteiger partial charge in [0.05, 0.1) is 16.4 Å². The summed E-state index contributed by atoms with van der Waals surface area (Å²) in [6, 6.07) is 1.59. The van der Waals surface area contributed by atoms with Gasteiger partial charge in [-0.25, -0.2) is 4.98 Å².